The van der Waals surface area contributed by atoms with Crippen molar-refractivity contribution in [3.05, 3.63) is 36.0 Å². The molecule has 0 saturated heterocycles. The summed E-state index contributed by atoms with van der Waals surface area (Å²) in [6.45, 7) is 3.60. The van der Waals surface area contributed by atoms with E-state index in [4.69, 9.17) is 0 Å². The fourth-order valence-electron chi connectivity index (χ4n) is 2.24. The molecule has 116 valence electrons. The predicted molar refractivity (Wildman–Crippen MR) is 86.8 cm³/mol. The molecule has 0 saturated carbocycles. The first-order valence-corrected chi connectivity index (χ1v) is 7.02. The molecule has 0 aliphatic heterocycles. The van der Waals surface area contributed by atoms with Gasteiger partial charge in [-0.2, -0.15) is 0 Å². The van der Waals surface area contributed by atoms with E-state index in [1.807, 2.05) is 31.2 Å². The van der Waals surface area contributed by atoms with Gasteiger partial charge in [0.15, 0.2) is 0 Å². The van der Waals surface area contributed by atoms with Gasteiger partial charge in [-0.1, -0.05) is 6.07 Å². The van der Waals surface area contributed by atoms with E-state index in [0.29, 0.717) is 5.69 Å². The Morgan fingerprint density at radius 3 is 2.68 bits per heavy atom. The van der Waals surface area contributed by atoms with E-state index < -0.39 is 12.1 Å². The monoisotopic (exact) mass is 300 g/mol. The topological polar surface area (TPSA) is 74.3 Å². The number of rotatable bonds is 3. The molecule has 0 spiro atoms. The lowest BCUT2D eigenvalue weighted by Gasteiger charge is -2.18. The second-order valence-corrected chi connectivity index (χ2v) is 5.44. The minimum atomic E-state index is -0.598. The maximum atomic E-state index is 12.1. The van der Waals surface area contributed by atoms with Crippen LogP contribution in [0.4, 0.5) is 10.5 Å². The Hall–Kier alpha value is -2.63. The molecule has 0 fully saturated rings. The molecule has 1 heterocycles. The maximum absolute atomic E-state index is 12.1. The van der Waals surface area contributed by atoms with Crippen molar-refractivity contribution < 1.29 is 9.59 Å². The molecule has 0 aliphatic carbocycles. The van der Waals surface area contributed by atoms with Crippen LogP contribution in [-0.2, 0) is 4.79 Å². The Morgan fingerprint density at radius 2 is 2.00 bits per heavy atom. The van der Waals surface area contributed by atoms with Gasteiger partial charge in [0, 0.05) is 25.7 Å². The number of pyridine rings is 1. The number of anilines is 1. The molecule has 2 aromatic rings. The molecule has 6 nitrogen and oxygen atoms in total. The molecule has 0 unspecified atom stereocenters. The molecule has 6 heteroatoms. The van der Waals surface area contributed by atoms with Gasteiger partial charge < -0.3 is 15.5 Å². The predicted octanol–water partition coefficient (Wildman–Crippen LogP) is 2.14. The van der Waals surface area contributed by atoms with E-state index in [2.05, 4.69) is 15.6 Å². The summed E-state index contributed by atoms with van der Waals surface area (Å²) >= 11 is 0. The normalized spacial score (nSPS) is 11.8. The van der Waals surface area contributed by atoms with Gasteiger partial charge in [0.25, 0.3) is 0 Å². The van der Waals surface area contributed by atoms with Crippen molar-refractivity contribution in [2.75, 3.05) is 19.4 Å². The first-order valence-electron chi connectivity index (χ1n) is 7.02. The van der Waals surface area contributed by atoms with Gasteiger partial charge in [0.05, 0.1) is 11.2 Å². The number of hydrogen-bond donors (Lipinski definition) is 2. The van der Waals surface area contributed by atoms with E-state index in [1.54, 1.807) is 27.2 Å². The van der Waals surface area contributed by atoms with E-state index in [1.165, 1.54) is 4.90 Å². The maximum Gasteiger partial charge on any atom is 0.319 e. The number of urea groups is 1. The number of carbonyl (C=O) groups is 2. The highest BCUT2D eigenvalue weighted by atomic mass is 16.2. The summed E-state index contributed by atoms with van der Waals surface area (Å²) in [6, 6.07) is 6.62. The number of amides is 3. The van der Waals surface area contributed by atoms with Crippen LogP contribution >= 0.6 is 0 Å². The van der Waals surface area contributed by atoms with E-state index in [9.17, 15) is 9.59 Å². The Labute approximate surface area is 129 Å². The third-order valence-corrected chi connectivity index (χ3v) is 3.26. The van der Waals surface area contributed by atoms with E-state index >= 15 is 0 Å². The number of hydrogen-bond acceptors (Lipinski definition) is 3. The summed E-state index contributed by atoms with van der Waals surface area (Å²) in [4.78, 5) is 29.6. The van der Waals surface area contributed by atoms with Crippen molar-refractivity contribution in [3.63, 3.8) is 0 Å². The van der Waals surface area contributed by atoms with Crippen LogP contribution in [0.5, 0.6) is 0 Å². The zero-order valence-corrected chi connectivity index (χ0v) is 13.2. The lowest BCUT2D eigenvalue weighted by atomic mass is 10.1. The van der Waals surface area contributed by atoms with Gasteiger partial charge in [-0.25, -0.2) is 4.79 Å². The van der Waals surface area contributed by atoms with Gasteiger partial charge in [0.2, 0.25) is 5.91 Å². The van der Waals surface area contributed by atoms with Gasteiger partial charge in [-0.15, -0.1) is 0 Å². The Bertz CT molecular complexity index is 712. The quantitative estimate of drug-likeness (QED) is 0.912. The van der Waals surface area contributed by atoms with Crippen LogP contribution in [0.15, 0.2) is 30.5 Å². The lowest BCUT2D eigenvalue weighted by molar-refractivity contribution is -0.130. The van der Waals surface area contributed by atoms with Crippen molar-refractivity contribution in [2.24, 2.45) is 0 Å². The van der Waals surface area contributed by atoms with Crippen LogP contribution in [0.2, 0.25) is 0 Å². The fourth-order valence-corrected chi connectivity index (χ4v) is 2.24. The van der Waals surface area contributed by atoms with Crippen LogP contribution in [0.3, 0.4) is 0 Å². The summed E-state index contributed by atoms with van der Waals surface area (Å²) in [7, 11) is 3.30. The molecule has 3 amide bonds. The first kappa shape index (κ1) is 15.8. The number of carbonyl (C=O) groups excluding carboxylic acids is 2. The van der Waals surface area contributed by atoms with E-state index in [0.717, 1.165) is 16.5 Å². The SMILES string of the molecule is Cc1cc(NC(=O)N[C@@H](C)C(=O)N(C)C)c2ncccc2c1. The number of likely N-dealkylation sites (N-methyl/N-ethyl adjacent to an activating group) is 1. The third kappa shape index (κ3) is 3.52. The number of nitrogens with one attached hydrogen (secondary N) is 2. The summed E-state index contributed by atoms with van der Waals surface area (Å²) in [5.74, 6) is -0.164. The zero-order chi connectivity index (χ0) is 16.3. The lowest BCUT2D eigenvalue weighted by Crippen LogP contribution is -2.45. The Morgan fingerprint density at radius 1 is 1.27 bits per heavy atom. The summed E-state index contributed by atoms with van der Waals surface area (Å²) < 4.78 is 0. The standard InChI is InChI=1S/C16H20N4O2/c1-10-8-12-6-5-7-17-14(12)13(9-10)19-16(22)18-11(2)15(21)20(3)4/h5-9,11H,1-4H3,(H2,18,19,22)/t11-/m0/s1. The first-order chi connectivity index (χ1) is 10.4. The van der Waals surface area contributed by atoms with Crippen LogP contribution in [0, 0.1) is 6.92 Å². The molecule has 22 heavy (non-hydrogen) atoms. The number of benzene rings is 1. The molecule has 2 rings (SSSR count). The van der Waals surface area contributed by atoms with Gasteiger partial charge in [-0.05, 0) is 37.6 Å². The van der Waals surface area contributed by atoms with Crippen LogP contribution < -0.4 is 10.6 Å². The molecular formula is C16H20N4O2. The molecule has 1 aromatic heterocycles. The van der Waals surface area contributed by atoms with Crippen molar-refractivity contribution in [1.82, 2.24) is 15.2 Å². The van der Waals surface area contributed by atoms with Crippen LogP contribution in [0.25, 0.3) is 10.9 Å². The summed E-state index contributed by atoms with van der Waals surface area (Å²) in [5.41, 5.74) is 2.36. The molecule has 0 radical (unpaired) electrons. The van der Waals surface area contributed by atoms with Gasteiger partial charge >= 0.3 is 6.03 Å². The van der Waals surface area contributed by atoms with Crippen molar-refractivity contribution in [2.45, 2.75) is 19.9 Å². The number of aromatic nitrogens is 1. The Kier molecular flexibility index (Phi) is 4.60. The summed E-state index contributed by atoms with van der Waals surface area (Å²) in [6.07, 6.45) is 1.68. The molecule has 0 aliphatic rings. The molecular weight excluding hydrogens is 280 g/mol. The second kappa shape index (κ2) is 6.43. The average molecular weight is 300 g/mol. The molecule has 1 atom stereocenters. The van der Waals surface area contributed by atoms with Crippen LogP contribution in [0.1, 0.15) is 12.5 Å². The second-order valence-electron chi connectivity index (χ2n) is 5.44. The number of nitrogens with zero attached hydrogens (tertiary/aromatic N) is 2. The van der Waals surface area contributed by atoms with Crippen molar-refractivity contribution in [1.29, 1.82) is 0 Å². The van der Waals surface area contributed by atoms with Gasteiger partial charge in [0.1, 0.15) is 6.04 Å². The molecule has 2 N–H and O–H groups in total. The Balaban J connectivity index is 2.17. The highest BCUT2D eigenvalue weighted by Crippen LogP contribution is 2.23. The average Bonchev–Trinajstić information content (AvgIpc) is 2.45. The smallest absolute Gasteiger partial charge is 0.319 e. The van der Waals surface area contributed by atoms with Crippen molar-refractivity contribution >= 4 is 28.5 Å². The molecule has 0 bridgehead atoms. The van der Waals surface area contributed by atoms with Crippen molar-refractivity contribution in [3.8, 4) is 0 Å². The third-order valence-electron chi connectivity index (χ3n) is 3.26. The van der Waals surface area contributed by atoms with Gasteiger partial charge in [-0.3, -0.25) is 9.78 Å². The van der Waals surface area contributed by atoms with Crippen LogP contribution in [-0.4, -0.2) is 42.0 Å². The number of aryl methyl sites for hydroxylation is 1. The minimum Gasteiger partial charge on any atom is -0.347 e. The zero-order valence-electron chi connectivity index (χ0n) is 13.2. The van der Waals surface area contributed by atoms with E-state index in [-0.39, 0.29) is 5.91 Å². The highest BCUT2D eigenvalue weighted by Gasteiger charge is 2.17. The molecule has 1 aromatic carbocycles. The summed E-state index contributed by atoms with van der Waals surface area (Å²) in [5, 5.41) is 6.35. The minimum absolute atomic E-state index is 0.164. The fraction of sp³-hybridized carbons (Fsp3) is 0.312. The highest BCUT2D eigenvalue weighted by molar-refractivity contribution is 6.01. The largest absolute Gasteiger partial charge is 0.347 e. The number of fused-ring (bicyclic) bond motifs is 1.